The third-order valence-electron chi connectivity index (χ3n) is 2.96. The zero-order chi connectivity index (χ0) is 14.5. The lowest BCUT2D eigenvalue weighted by atomic mass is 10.2. The maximum atomic E-state index is 5.15. The number of nitrogens with one attached hydrogen (secondary N) is 1. The van der Waals surface area contributed by atoms with Crippen LogP contribution in [0.3, 0.4) is 0 Å². The second-order valence-electron chi connectivity index (χ2n) is 4.96. The van der Waals surface area contributed by atoms with Crippen molar-refractivity contribution >= 4 is 21.9 Å². The Bertz CT molecular complexity index is 551. The number of anilines is 1. The predicted molar refractivity (Wildman–Crippen MR) is 85.2 cm³/mol. The van der Waals surface area contributed by atoms with Gasteiger partial charge in [-0.25, -0.2) is 4.98 Å². The molecule has 0 aliphatic heterocycles. The summed E-state index contributed by atoms with van der Waals surface area (Å²) in [5, 5.41) is 3.38. The lowest BCUT2D eigenvalue weighted by Gasteiger charge is -2.15. The monoisotopic (exact) mass is 337 g/mol. The number of nitrogens with zero attached hydrogens (tertiary/aromatic N) is 2. The maximum Gasteiger partial charge on any atom is 0.203 e. The molecular weight excluding hydrogens is 318 g/mol. The first-order valence-corrected chi connectivity index (χ1v) is 7.41. The van der Waals surface area contributed by atoms with Crippen LogP contribution in [0.4, 0.5) is 5.95 Å². The fourth-order valence-electron chi connectivity index (χ4n) is 2.08. The molecule has 1 aromatic carbocycles. The second kappa shape index (κ2) is 6.90. The van der Waals surface area contributed by atoms with Crippen LogP contribution in [0.2, 0.25) is 0 Å². The van der Waals surface area contributed by atoms with E-state index in [1.54, 1.807) is 7.11 Å². The predicted octanol–water partition coefficient (Wildman–Crippen LogP) is 3.45. The number of benzene rings is 1. The largest absolute Gasteiger partial charge is 0.383 e. The molecule has 0 saturated carbocycles. The van der Waals surface area contributed by atoms with Gasteiger partial charge in [-0.15, -0.1) is 0 Å². The molecule has 5 heteroatoms. The molecule has 2 aromatic rings. The van der Waals surface area contributed by atoms with Crippen LogP contribution in [0.1, 0.15) is 18.2 Å². The van der Waals surface area contributed by atoms with Gasteiger partial charge in [-0.3, -0.25) is 0 Å². The number of halogens is 1. The molecule has 0 fully saturated rings. The van der Waals surface area contributed by atoms with Crippen LogP contribution in [-0.4, -0.2) is 29.3 Å². The molecule has 1 N–H and O–H groups in total. The topological polar surface area (TPSA) is 39.1 Å². The van der Waals surface area contributed by atoms with Gasteiger partial charge in [-0.2, -0.15) is 0 Å². The number of aromatic nitrogens is 2. The van der Waals surface area contributed by atoms with E-state index in [0.29, 0.717) is 6.61 Å². The van der Waals surface area contributed by atoms with Gasteiger partial charge in [0, 0.05) is 23.8 Å². The summed E-state index contributed by atoms with van der Waals surface area (Å²) in [6.07, 6.45) is 2.06. The van der Waals surface area contributed by atoms with E-state index in [1.165, 1.54) is 5.56 Å². The molecule has 1 heterocycles. The van der Waals surface area contributed by atoms with Crippen molar-refractivity contribution in [3.05, 3.63) is 46.2 Å². The minimum atomic E-state index is 0.227. The van der Waals surface area contributed by atoms with Crippen LogP contribution in [0.5, 0.6) is 0 Å². The average Bonchev–Trinajstić information content (AvgIpc) is 2.72. The van der Waals surface area contributed by atoms with Crippen molar-refractivity contribution in [2.24, 2.45) is 0 Å². The normalized spacial score (nSPS) is 12.4. The molecule has 0 aliphatic carbocycles. The summed E-state index contributed by atoms with van der Waals surface area (Å²) < 4.78 is 8.37. The average molecular weight is 338 g/mol. The minimum Gasteiger partial charge on any atom is -0.383 e. The molecule has 0 amide bonds. The van der Waals surface area contributed by atoms with Crippen LogP contribution in [0.25, 0.3) is 0 Å². The Balaban J connectivity index is 2.12. The Morgan fingerprint density at radius 1 is 1.35 bits per heavy atom. The molecule has 0 radical (unpaired) electrons. The standard InChI is InChI=1S/C15H20BrN3O/c1-11-8-19(9-13-4-6-14(16)7-5-13)15(17-11)18-12(2)10-20-3/h4-8,12H,9-10H2,1-3H3,(H,17,18). The quantitative estimate of drug-likeness (QED) is 0.877. The van der Waals surface area contributed by atoms with Gasteiger partial charge in [0.1, 0.15) is 0 Å². The number of ether oxygens (including phenoxy) is 1. The van der Waals surface area contributed by atoms with Crippen molar-refractivity contribution in [3.63, 3.8) is 0 Å². The Labute approximate surface area is 128 Å². The van der Waals surface area contributed by atoms with E-state index < -0.39 is 0 Å². The first kappa shape index (κ1) is 15.1. The molecule has 1 unspecified atom stereocenters. The third kappa shape index (κ3) is 4.08. The molecular formula is C15H20BrN3O. The minimum absolute atomic E-state index is 0.227. The summed E-state index contributed by atoms with van der Waals surface area (Å²) in [5.41, 5.74) is 2.25. The summed E-state index contributed by atoms with van der Waals surface area (Å²) in [6, 6.07) is 8.56. The van der Waals surface area contributed by atoms with Crippen LogP contribution >= 0.6 is 15.9 Å². The van der Waals surface area contributed by atoms with Crippen molar-refractivity contribution in [2.45, 2.75) is 26.4 Å². The van der Waals surface area contributed by atoms with Crippen molar-refractivity contribution in [1.82, 2.24) is 9.55 Å². The molecule has 0 saturated heterocycles. The van der Waals surface area contributed by atoms with E-state index in [9.17, 15) is 0 Å². The zero-order valence-corrected chi connectivity index (χ0v) is 13.6. The van der Waals surface area contributed by atoms with Gasteiger partial charge in [-0.1, -0.05) is 28.1 Å². The first-order chi connectivity index (χ1) is 9.58. The highest BCUT2D eigenvalue weighted by molar-refractivity contribution is 9.10. The van der Waals surface area contributed by atoms with Gasteiger partial charge in [0.2, 0.25) is 5.95 Å². The van der Waals surface area contributed by atoms with Gasteiger partial charge in [-0.05, 0) is 31.5 Å². The number of hydrogen-bond donors (Lipinski definition) is 1. The molecule has 108 valence electrons. The number of imidazole rings is 1. The molecule has 20 heavy (non-hydrogen) atoms. The van der Waals surface area contributed by atoms with Crippen molar-refractivity contribution in [2.75, 3.05) is 19.0 Å². The highest BCUT2D eigenvalue weighted by Crippen LogP contribution is 2.15. The van der Waals surface area contributed by atoms with Crippen LogP contribution < -0.4 is 5.32 Å². The van der Waals surface area contributed by atoms with Gasteiger partial charge in [0.05, 0.1) is 18.8 Å². The molecule has 0 spiro atoms. The molecule has 4 nitrogen and oxygen atoms in total. The molecule has 1 atom stereocenters. The lowest BCUT2D eigenvalue weighted by molar-refractivity contribution is 0.190. The third-order valence-corrected chi connectivity index (χ3v) is 3.48. The number of rotatable bonds is 6. The van der Waals surface area contributed by atoms with E-state index in [0.717, 1.165) is 22.7 Å². The molecule has 2 rings (SSSR count). The van der Waals surface area contributed by atoms with Crippen molar-refractivity contribution in [3.8, 4) is 0 Å². The number of aryl methyl sites for hydroxylation is 1. The number of methoxy groups -OCH3 is 1. The lowest BCUT2D eigenvalue weighted by Crippen LogP contribution is -2.23. The van der Waals surface area contributed by atoms with Gasteiger partial charge >= 0.3 is 0 Å². The maximum absolute atomic E-state index is 5.15. The molecule has 0 bridgehead atoms. The van der Waals surface area contributed by atoms with E-state index >= 15 is 0 Å². The Morgan fingerprint density at radius 2 is 2.05 bits per heavy atom. The van der Waals surface area contributed by atoms with Crippen LogP contribution in [-0.2, 0) is 11.3 Å². The Hall–Kier alpha value is -1.33. The summed E-state index contributed by atoms with van der Waals surface area (Å²) in [6.45, 7) is 5.54. The van der Waals surface area contributed by atoms with Gasteiger partial charge in [0.15, 0.2) is 0 Å². The number of hydrogen-bond acceptors (Lipinski definition) is 3. The van der Waals surface area contributed by atoms with Gasteiger partial charge < -0.3 is 14.6 Å². The Morgan fingerprint density at radius 3 is 2.70 bits per heavy atom. The summed E-state index contributed by atoms with van der Waals surface area (Å²) in [4.78, 5) is 4.53. The Kier molecular flexibility index (Phi) is 5.20. The molecule has 1 aromatic heterocycles. The highest BCUT2D eigenvalue weighted by Gasteiger charge is 2.09. The van der Waals surface area contributed by atoms with Crippen molar-refractivity contribution < 1.29 is 4.74 Å². The summed E-state index contributed by atoms with van der Waals surface area (Å²) >= 11 is 3.45. The fraction of sp³-hybridized carbons (Fsp3) is 0.400. The van der Waals surface area contributed by atoms with Crippen LogP contribution in [0, 0.1) is 6.92 Å². The smallest absolute Gasteiger partial charge is 0.203 e. The van der Waals surface area contributed by atoms with Gasteiger partial charge in [0.25, 0.3) is 0 Å². The van der Waals surface area contributed by atoms with Crippen LogP contribution in [0.15, 0.2) is 34.9 Å². The van der Waals surface area contributed by atoms with Crippen molar-refractivity contribution in [1.29, 1.82) is 0 Å². The first-order valence-electron chi connectivity index (χ1n) is 6.62. The van der Waals surface area contributed by atoms with E-state index in [1.807, 2.05) is 6.92 Å². The van der Waals surface area contributed by atoms with E-state index in [2.05, 4.69) is 68.2 Å². The summed E-state index contributed by atoms with van der Waals surface area (Å²) in [5.74, 6) is 0.884. The summed E-state index contributed by atoms with van der Waals surface area (Å²) in [7, 11) is 1.71. The van der Waals surface area contributed by atoms with E-state index in [4.69, 9.17) is 4.74 Å². The second-order valence-corrected chi connectivity index (χ2v) is 5.88. The fourth-order valence-corrected chi connectivity index (χ4v) is 2.35. The zero-order valence-electron chi connectivity index (χ0n) is 12.1. The molecule has 0 aliphatic rings. The SMILES string of the molecule is COCC(C)Nc1nc(C)cn1Cc1ccc(Br)cc1. The highest BCUT2D eigenvalue weighted by atomic mass is 79.9. The van der Waals surface area contributed by atoms with E-state index in [-0.39, 0.29) is 6.04 Å².